The van der Waals surface area contributed by atoms with Crippen molar-refractivity contribution in [2.75, 3.05) is 0 Å². The van der Waals surface area contributed by atoms with Crippen LogP contribution in [0.1, 0.15) is 11.8 Å². The van der Waals surface area contributed by atoms with Crippen molar-refractivity contribution in [2.45, 2.75) is 26.1 Å². The van der Waals surface area contributed by atoms with Crippen LogP contribution in [-0.2, 0) is 13.1 Å². The van der Waals surface area contributed by atoms with Crippen LogP contribution in [-0.4, -0.2) is 20.8 Å². The number of nitrogens with zero attached hydrogens (tertiary/aromatic N) is 3. The van der Waals surface area contributed by atoms with E-state index in [0.29, 0.717) is 6.04 Å². The Bertz CT molecular complexity index is 661. The van der Waals surface area contributed by atoms with Crippen molar-refractivity contribution in [3.63, 3.8) is 0 Å². The van der Waals surface area contributed by atoms with Gasteiger partial charge in [-0.25, -0.2) is 4.98 Å². The van der Waals surface area contributed by atoms with Crippen molar-refractivity contribution in [3.8, 4) is 10.6 Å². The first-order valence-corrected chi connectivity index (χ1v) is 7.84. The standard InChI is InChI=1S/C16H18N4S/c1-13(12-20-9-5-8-19-20)17-10-15-11-18-16(21-15)14-6-3-2-4-7-14/h2-9,11,13,17H,10,12H2,1H3. The Balaban J connectivity index is 1.55. The smallest absolute Gasteiger partial charge is 0.123 e. The quantitative estimate of drug-likeness (QED) is 0.760. The predicted octanol–water partition coefficient (Wildman–Crippen LogP) is 3.18. The van der Waals surface area contributed by atoms with E-state index in [1.54, 1.807) is 11.3 Å². The Morgan fingerprint density at radius 1 is 1.24 bits per heavy atom. The Labute approximate surface area is 128 Å². The van der Waals surface area contributed by atoms with Gasteiger partial charge in [-0.15, -0.1) is 11.3 Å². The summed E-state index contributed by atoms with van der Waals surface area (Å²) in [4.78, 5) is 5.75. The van der Waals surface area contributed by atoms with E-state index in [9.17, 15) is 0 Å². The van der Waals surface area contributed by atoms with E-state index < -0.39 is 0 Å². The third-order valence-electron chi connectivity index (χ3n) is 3.22. The predicted molar refractivity (Wildman–Crippen MR) is 86.1 cm³/mol. The van der Waals surface area contributed by atoms with Crippen molar-refractivity contribution >= 4 is 11.3 Å². The SMILES string of the molecule is CC(Cn1cccn1)NCc1cnc(-c2ccccc2)s1. The molecule has 1 atom stereocenters. The van der Waals surface area contributed by atoms with E-state index in [1.165, 1.54) is 10.4 Å². The summed E-state index contributed by atoms with van der Waals surface area (Å²) >= 11 is 1.74. The number of hydrogen-bond donors (Lipinski definition) is 1. The van der Waals surface area contributed by atoms with E-state index in [4.69, 9.17) is 0 Å². The molecule has 0 fully saturated rings. The Morgan fingerprint density at radius 2 is 2.10 bits per heavy atom. The molecule has 0 radical (unpaired) electrons. The minimum absolute atomic E-state index is 0.368. The molecule has 0 aliphatic heterocycles. The van der Waals surface area contributed by atoms with Crippen LogP contribution in [0.5, 0.6) is 0 Å². The van der Waals surface area contributed by atoms with Crippen LogP contribution in [0.4, 0.5) is 0 Å². The van der Waals surface area contributed by atoms with Crippen LogP contribution in [0.2, 0.25) is 0 Å². The summed E-state index contributed by atoms with van der Waals surface area (Å²) in [5, 5.41) is 8.81. The van der Waals surface area contributed by atoms with Gasteiger partial charge in [-0.3, -0.25) is 4.68 Å². The topological polar surface area (TPSA) is 42.7 Å². The first kappa shape index (κ1) is 14.0. The average Bonchev–Trinajstić information content (AvgIpc) is 3.17. The van der Waals surface area contributed by atoms with Gasteiger partial charge in [-0.1, -0.05) is 30.3 Å². The van der Waals surface area contributed by atoms with Crippen LogP contribution in [0, 0.1) is 0 Å². The minimum Gasteiger partial charge on any atom is -0.307 e. The molecule has 5 heteroatoms. The molecule has 0 aliphatic rings. The van der Waals surface area contributed by atoms with Crippen molar-refractivity contribution < 1.29 is 0 Å². The summed E-state index contributed by atoms with van der Waals surface area (Å²) in [5.74, 6) is 0. The molecule has 0 bridgehead atoms. The highest BCUT2D eigenvalue weighted by Gasteiger charge is 2.07. The number of nitrogens with one attached hydrogen (secondary N) is 1. The Hall–Kier alpha value is -1.98. The van der Waals surface area contributed by atoms with E-state index in [1.807, 2.05) is 47.5 Å². The third kappa shape index (κ3) is 3.77. The zero-order valence-corrected chi connectivity index (χ0v) is 12.8. The fraction of sp³-hybridized carbons (Fsp3) is 0.250. The average molecular weight is 298 g/mol. The molecule has 1 unspecified atom stereocenters. The molecular weight excluding hydrogens is 280 g/mol. The van der Waals surface area contributed by atoms with Gasteiger partial charge in [0.2, 0.25) is 0 Å². The fourth-order valence-corrected chi connectivity index (χ4v) is 3.00. The number of thiazole rings is 1. The molecule has 0 saturated heterocycles. The van der Waals surface area contributed by atoms with Gasteiger partial charge in [-0.05, 0) is 13.0 Å². The van der Waals surface area contributed by atoms with Crippen molar-refractivity contribution in [1.29, 1.82) is 0 Å². The van der Waals surface area contributed by atoms with Gasteiger partial charge >= 0.3 is 0 Å². The van der Waals surface area contributed by atoms with E-state index in [0.717, 1.165) is 18.1 Å². The maximum Gasteiger partial charge on any atom is 0.123 e. The maximum atomic E-state index is 4.50. The van der Waals surface area contributed by atoms with E-state index >= 15 is 0 Å². The molecule has 0 aliphatic carbocycles. The Morgan fingerprint density at radius 3 is 2.86 bits per heavy atom. The highest BCUT2D eigenvalue weighted by Crippen LogP contribution is 2.24. The molecule has 3 aromatic rings. The largest absolute Gasteiger partial charge is 0.307 e. The second-order valence-electron chi connectivity index (χ2n) is 5.01. The van der Waals surface area contributed by atoms with Crippen molar-refractivity contribution in [2.24, 2.45) is 0 Å². The molecule has 2 aromatic heterocycles. The normalized spacial score (nSPS) is 12.4. The molecule has 2 heterocycles. The van der Waals surface area contributed by atoms with Gasteiger partial charge in [0.25, 0.3) is 0 Å². The van der Waals surface area contributed by atoms with Crippen molar-refractivity contribution in [1.82, 2.24) is 20.1 Å². The first-order chi connectivity index (χ1) is 10.3. The summed E-state index contributed by atoms with van der Waals surface area (Å²) in [6.45, 7) is 3.88. The van der Waals surface area contributed by atoms with Crippen LogP contribution >= 0.6 is 11.3 Å². The number of aromatic nitrogens is 3. The lowest BCUT2D eigenvalue weighted by atomic mass is 10.2. The molecule has 108 valence electrons. The van der Waals surface area contributed by atoms with Crippen LogP contribution < -0.4 is 5.32 Å². The molecule has 21 heavy (non-hydrogen) atoms. The van der Waals surface area contributed by atoms with Gasteiger partial charge in [0.1, 0.15) is 5.01 Å². The van der Waals surface area contributed by atoms with Crippen LogP contribution in [0.3, 0.4) is 0 Å². The second kappa shape index (κ2) is 6.65. The zero-order valence-electron chi connectivity index (χ0n) is 11.9. The highest BCUT2D eigenvalue weighted by molar-refractivity contribution is 7.15. The summed E-state index contributed by atoms with van der Waals surface area (Å²) in [7, 11) is 0. The molecule has 4 nitrogen and oxygen atoms in total. The minimum atomic E-state index is 0.368. The first-order valence-electron chi connectivity index (χ1n) is 7.02. The number of rotatable bonds is 6. The molecule has 0 saturated carbocycles. The van der Waals surface area contributed by atoms with E-state index in [-0.39, 0.29) is 0 Å². The number of benzene rings is 1. The van der Waals surface area contributed by atoms with Gasteiger partial charge in [0, 0.05) is 41.6 Å². The second-order valence-corrected chi connectivity index (χ2v) is 6.12. The van der Waals surface area contributed by atoms with E-state index in [2.05, 4.69) is 34.5 Å². The van der Waals surface area contributed by atoms with Crippen LogP contribution in [0.25, 0.3) is 10.6 Å². The molecular formula is C16H18N4S. The van der Waals surface area contributed by atoms with Crippen LogP contribution in [0.15, 0.2) is 55.0 Å². The zero-order chi connectivity index (χ0) is 14.5. The van der Waals surface area contributed by atoms with Gasteiger partial charge in [-0.2, -0.15) is 5.10 Å². The lowest BCUT2D eigenvalue weighted by Crippen LogP contribution is -2.29. The monoisotopic (exact) mass is 298 g/mol. The number of hydrogen-bond acceptors (Lipinski definition) is 4. The lowest BCUT2D eigenvalue weighted by Gasteiger charge is -2.12. The molecule has 1 N–H and O–H groups in total. The van der Waals surface area contributed by atoms with Gasteiger partial charge in [0.05, 0.1) is 6.54 Å². The maximum absolute atomic E-state index is 4.50. The van der Waals surface area contributed by atoms with Gasteiger partial charge in [0.15, 0.2) is 0 Å². The van der Waals surface area contributed by atoms with Gasteiger partial charge < -0.3 is 5.32 Å². The molecule has 0 spiro atoms. The summed E-state index contributed by atoms with van der Waals surface area (Å²) in [6.07, 6.45) is 5.75. The Kier molecular flexibility index (Phi) is 4.43. The molecule has 3 rings (SSSR count). The summed E-state index contributed by atoms with van der Waals surface area (Å²) < 4.78 is 1.94. The molecule has 0 amide bonds. The third-order valence-corrected chi connectivity index (χ3v) is 4.27. The fourth-order valence-electron chi connectivity index (χ4n) is 2.13. The summed E-state index contributed by atoms with van der Waals surface area (Å²) in [5.41, 5.74) is 1.18. The lowest BCUT2D eigenvalue weighted by molar-refractivity contribution is 0.452. The highest BCUT2D eigenvalue weighted by atomic mass is 32.1. The van der Waals surface area contributed by atoms with Crippen molar-refractivity contribution in [3.05, 3.63) is 59.9 Å². The summed E-state index contributed by atoms with van der Waals surface area (Å²) in [6, 6.07) is 12.6. The molecule has 1 aromatic carbocycles.